The van der Waals surface area contributed by atoms with E-state index in [1.54, 1.807) is 24.3 Å². The first-order valence-corrected chi connectivity index (χ1v) is 31.7. The van der Waals surface area contributed by atoms with Crippen molar-refractivity contribution >= 4 is 53.6 Å². The van der Waals surface area contributed by atoms with Gasteiger partial charge >= 0.3 is 0 Å². The van der Waals surface area contributed by atoms with E-state index in [0.29, 0.717) is 25.7 Å². The van der Waals surface area contributed by atoms with Crippen LogP contribution in [-0.2, 0) is 45.8 Å². The van der Waals surface area contributed by atoms with Crippen molar-refractivity contribution in [2.24, 2.45) is 57.2 Å². The summed E-state index contributed by atoms with van der Waals surface area (Å²) in [4.78, 5) is 25.8. The van der Waals surface area contributed by atoms with Gasteiger partial charge in [-0.2, -0.15) is 18.6 Å². The van der Waals surface area contributed by atoms with Crippen molar-refractivity contribution in [3.05, 3.63) is 106 Å². The molecule has 5 N–H and O–H groups in total. The molecule has 6 saturated carbocycles. The number of ketones is 2. The minimum Gasteiger partial charge on any atom is -0.393 e. The van der Waals surface area contributed by atoms with Crippen molar-refractivity contribution in [2.45, 2.75) is 136 Å². The van der Waals surface area contributed by atoms with Crippen LogP contribution >= 0.6 is 10.7 Å². The molecule has 21 heteroatoms. The summed E-state index contributed by atoms with van der Waals surface area (Å²) < 4.78 is 77.2. The maximum Gasteiger partial charge on any atom is 0.264 e. The number of fused-ring (bicyclic) bond motifs is 12. The fourth-order valence-electron chi connectivity index (χ4n) is 17.3. The molecule has 436 valence electrons. The van der Waals surface area contributed by atoms with Crippen molar-refractivity contribution in [2.75, 3.05) is 25.7 Å². The molecule has 2 heterocycles. The molecule has 0 bridgehead atoms. The first kappa shape index (κ1) is 60.1. The van der Waals surface area contributed by atoms with Crippen LogP contribution in [-0.4, -0.2) is 123 Å². The van der Waals surface area contributed by atoms with Crippen LogP contribution in [0.2, 0.25) is 0 Å². The second kappa shape index (κ2) is 21.0. The zero-order valence-corrected chi connectivity index (χ0v) is 47.7. The lowest BCUT2D eigenvalue weighted by Gasteiger charge is -2.60. The van der Waals surface area contributed by atoms with Gasteiger partial charge in [0, 0.05) is 21.5 Å². The van der Waals surface area contributed by atoms with E-state index in [2.05, 4.69) is 46.9 Å². The van der Waals surface area contributed by atoms with Gasteiger partial charge in [0.1, 0.15) is 36.1 Å². The van der Waals surface area contributed by atoms with E-state index in [9.17, 15) is 60.7 Å². The Bertz CT molecular complexity index is 3360. The molecule has 10 unspecified atom stereocenters. The van der Waals surface area contributed by atoms with Crippen molar-refractivity contribution in [1.29, 1.82) is 0 Å². The molecule has 14 atom stereocenters. The Labute approximate surface area is 471 Å². The summed E-state index contributed by atoms with van der Waals surface area (Å²) in [6.07, 6.45) is 16.0. The quantitative estimate of drug-likeness (QED) is 0.0838. The topological polar surface area (TPSA) is 248 Å². The normalized spacial score (nSPS) is 36.3. The van der Waals surface area contributed by atoms with Crippen LogP contribution in [0.4, 0.5) is 8.78 Å². The predicted molar refractivity (Wildman–Crippen MR) is 297 cm³/mol. The first-order chi connectivity index (χ1) is 36.9. The van der Waals surface area contributed by atoms with Crippen molar-refractivity contribution in [3.63, 3.8) is 0 Å². The van der Waals surface area contributed by atoms with E-state index < -0.39 is 78.2 Å². The van der Waals surface area contributed by atoms with Gasteiger partial charge in [-0.05, 0) is 195 Å². The number of aliphatic hydroxyl groups is 5. The third-order valence-electron chi connectivity index (χ3n) is 20.8. The number of rotatable bonds is 8. The number of hydrogen-bond donors (Lipinski definition) is 5. The van der Waals surface area contributed by atoms with Gasteiger partial charge < -0.3 is 25.5 Å². The van der Waals surface area contributed by atoms with Gasteiger partial charge in [0.15, 0.2) is 11.6 Å². The molecule has 6 fully saturated rings. The third kappa shape index (κ3) is 9.90. The largest absolute Gasteiger partial charge is 0.393 e. The molecular weight excluding hydrogens is 1090 g/mol. The molecule has 8 aliphatic carbocycles. The molecule has 80 heavy (non-hydrogen) atoms. The average Bonchev–Trinajstić information content (AvgIpc) is 3.45. The Balaban J connectivity index is 0.000000177. The molecule has 12 rings (SSSR count). The number of nitrogens with zero attached hydrogens (tertiary/aromatic N) is 4. The minimum atomic E-state index is -3.83. The Hall–Kier alpha value is -4.51. The molecule has 8 aliphatic rings. The number of allylic oxidation sites excluding steroid dienone is 2. The highest BCUT2D eigenvalue weighted by atomic mass is 35.7. The molecule has 0 saturated heterocycles. The van der Waals surface area contributed by atoms with E-state index in [1.165, 1.54) is 35.4 Å². The van der Waals surface area contributed by atoms with Crippen molar-refractivity contribution in [3.8, 4) is 11.4 Å². The Morgan fingerprint density at radius 2 is 1.05 bits per heavy atom. The van der Waals surface area contributed by atoms with Crippen molar-refractivity contribution in [1.82, 2.24) is 19.6 Å². The molecular formula is C59H75ClF2N4O12S2. The highest BCUT2D eigenvalue weighted by molar-refractivity contribution is 8.13. The molecule has 4 aromatic rings. The molecule has 0 radical (unpaired) electrons. The van der Waals surface area contributed by atoms with Gasteiger partial charge in [0.25, 0.3) is 10.1 Å². The average molecular weight is 1170 g/mol. The molecule has 0 amide bonds. The van der Waals surface area contributed by atoms with Crippen molar-refractivity contribution < 1.29 is 64.9 Å². The van der Waals surface area contributed by atoms with E-state index in [0.717, 1.165) is 84.9 Å². The van der Waals surface area contributed by atoms with E-state index in [4.69, 9.17) is 4.18 Å². The minimum absolute atomic E-state index is 0. The van der Waals surface area contributed by atoms with Gasteiger partial charge in [0.05, 0.1) is 59.9 Å². The Morgan fingerprint density at radius 3 is 1.41 bits per heavy atom. The van der Waals surface area contributed by atoms with Crippen LogP contribution in [0.3, 0.4) is 0 Å². The second-order valence-corrected chi connectivity index (χ2v) is 29.6. The van der Waals surface area contributed by atoms with E-state index in [-0.39, 0.29) is 78.2 Å². The SMILES string of the molecule is C.CC12Cc3cnn(-c4ccc(F)cc4)c3C=C1CCC1C2[C@@H](O)CC2(C)C1CC[C@]2(O)C(=O)CO.CC12Cc3cnn(-c4ccc(F)cc4)c3C=C1CCC1C2[C@@H](O)CC2(C)C1CC[C@]2(O)C(=O)COS(C)(=O)=O.CS(=O)(=O)Cl. The maximum absolute atomic E-state index is 13.5. The summed E-state index contributed by atoms with van der Waals surface area (Å²) in [6, 6.07) is 12.6. The third-order valence-corrected chi connectivity index (χ3v) is 21.3. The summed E-state index contributed by atoms with van der Waals surface area (Å²) >= 11 is 0. The Morgan fingerprint density at radius 1 is 0.675 bits per heavy atom. The number of benzene rings is 2. The van der Waals surface area contributed by atoms with Crippen LogP contribution in [0.25, 0.3) is 23.5 Å². The number of carbonyl (C=O) groups excluding carboxylic acids is 2. The maximum atomic E-state index is 13.5. The number of aromatic nitrogens is 4. The van der Waals surface area contributed by atoms with E-state index >= 15 is 0 Å². The van der Waals surface area contributed by atoms with E-state index in [1.807, 2.05) is 35.6 Å². The number of Topliss-reactive ketones (excluding diaryl/α,β-unsaturated/α-hetero) is 2. The van der Waals surface area contributed by atoms with Crippen LogP contribution in [0.15, 0.2) is 72.1 Å². The van der Waals surface area contributed by atoms with Gasteiger partial charge in [0.2, 0.25) is 9.05 Å². The highest BCUT2D eigenvalue weighted by Crippen LogP contribution is 2.69. The van der Waals surface area contributed by atoms with Crippen LogP contribution in [0.1, 0.15) is 122 Å². The summed E-state index contributed by atoms with van der Waals surface area (Å²) in [5, 5.41) is 65.2. The molecule has 0 aliphatic heterocycles. The van der Waals surface area contributed by atoms with Gasteiger partial charge in [-0.25, -0.2) is 26.6 Å². The lowest BCUT2D eigenvalue weighted by molar-refractivity contribution is -0.181. The smallest absolute Gasteiger partial charge is 0.264 e. The number of halogens is 3. The molecule has 0 spiro atoms. The monoisotopic (exact) mass is 1170 g/mol. The summed E-state index contributed by atoms with van der Waals surface area (Å²) in [5.41, 5.74) is 2.85. The molecule has 2 aromatic heterocycles. The summed E-state index contributed by atoms with van der Waals surface area (Å²) in [5.74, 6) is -1.34. The van der Waals surface area contributed by atoms with Crippen LogP contribution in [0, 0.1) is 68.8 Å². The van der Waals surface area contributed by atoms with Gasteiger partial charge in [-0.3, -0.25) is 13.8 Å². The summed E-state index contributed by atoms with van der Waals surface area (Å²) in [7, 11) is -2.52. The predicted octanol–water partition coefficient (Wildman–Crippen LogP) is 7.72. The van der Waals surface area contributed by atoms with Crippen LogP contribution < -0.4 is 0 Å². The second-order valence-electron chi connectivity index (χ2n) is 24.9. The number of carbonyl (C=O) groups is 2. The summed E-state index contributed by atoms with van der Waals surface area (Å²) in [6.45, 7) is 6.91. The van der Waals surface area contributed by atoms with Gasteiger partial charge in [-0.15, -0.1) is 0 Å². The number of hydrogen-bond acceptors (Lipinski definition) is 14. The Kier molecular flexibility index (Phi) is 15.8. The zero-order valence-electron chi connectivity index (χ0n) is 45.3. The molecule has 16 nitrogen and oxygen atoms in total. The number of aliphatic hydroxyl groups excluding tert-OH is 3. The van der Waals surface area contributed by atoms with Crippen LogP contribution in [0.5, 0.6) is 0 Å². The lowest BCUT2D eigenvalue weighted by Crippen LogP contribution is -2.62. The highest BCUT2D eigenvalue weighted by Gasteiger charge is 2.70. The molecule has 2 aromatic carbocycles. The fraction of sp³-hybridized carbons (Fsp3) is 0.593. The zero-order chi connectivity index (χ0) is 57.2. The lowest BCUT2D eigenvalue weighted by atomic mass is 9.45. The first-order valence-electron chi connectivity index (χ1n) is 27.2. The van der Waals surface area contributed by atoms with Gasteiger partial charge in [-0.1, -0.05) is 46.3 Å². The standard InChI is InChI=1S/C29H35FN2O6S.C28H33FN2O4.CH3ClO2S.CH4/c1-27-13-17-15-31-32(20-7-5-19(30)6-8-20)23(17)12-18(27)4-9-21-22-10-11-29(35,25(34)16-38-39(3,36)37)28(22,2)14-24(33)26(21)27;1-26-12-16-14-30-31(19-6-4-18(29)5-7-19)22(16)11-17(26)3-8-20-21-9-10-28(35,24(34)15-32)27(21,2)13-23(33)25(20)26;1-5(2,3)4;/h5-8,12,15,21-22,24,26,33,35H,4,9-11,13-14,16H2,1-3H3;4-7,11,14,20-21,23,25,32-33,35H,3,8-10,12-13,15H2,1-2H3;1H3;1H4/t21?,22?,24-,26?,27?,28?,29-;20?,21?,23-,25?,26?,27?,28-;;/m00../s1. The fourth-order valence-corrected chi connectivity index (χ4v) is 17.6.